The van der Waals surface area contributed by atoms with Crippen molar-refractivity contribution in [1.82, 2.24) is 0 Å². The number of phenolic OH excluding ortho intramolecular Hbond substituents is 1. The first-order chi connectivity index (χ1) is 9.49. The minimum absolute atomic E-state index is 0. The fraction of sp³-hybridized carbons (Fsp3) is 0.462. The van der Waals surface area contributed by atoms with Crippen molar-refractivity contribution in [1.29, 1.82) is 0 Å². The van der Waals surface area contributed by atoms with Gasteiger partial charge in [-0.05, 0) is 32.0 Å². The van der Waals surface area contributed by atoms with Crippen LogP contribution in [0, 0.1) is 5.41 Å². The molecule has 5 nitrogen and oxygen atoms in total. The highest BCUT2D eigenvalue weighted by Gasteiger charge is 2.38. The zero-order valence-corrected chi connectivity index (χ0v) is 12.9. The number of carbonyl (C=O) groups is 1. The third-order valence-electron chi connectivity index (χ3n) is 3.06. The van der Waals surface area contributed by atoms with Gasteiger partial charge in [0.05, 0.1) is 12.5 Å². The molecule has 0 saturated carbocycles. The van der Waals surface area contributed by atoms with E-state index in [1.54, 1.807) is 0 Å². The van der Waals surface area contributed by atoms with Gasteiger partial charge in [0.1, 0.15) is 11.5 Å². The van der Waals surface area contributed by atoms with E-state index >= 15 is 0 Å². The van der Waals surface area contributed by atoms with Crippen LogP contribution >= 0.6 is 12.4 Å². The molecule has 1 aromatic carbocycles. The first-order valence-corrected chi connectivity index (χ1v) is 5.91. The number of benzene rings is 1. The monoisotopic (exact) mass is 343 g/mol. The van der Waals surface area contributed by atoms with Crippen LogP contribution in [0.4, 0.5) is 13.2 Å². The van der Waals surface area contributed by atoms with Crippen LogP contribution < -0.4 is 10.5 Å². The molecule has 0 amide bonds. The number of aromatic hydroxyl groups is 1. The summed E-state index contributed by atoms with van der Waals surface area (Å²) in [6.07, 6.45) is -4.86. The highest BCUT2D eigenvalue weighted by molar-refractivity contribution is 5.85. The Morgan fingerprint density at radius 2 is 1.86 bits per heavy atom. The number of carbonyl (C=O) groups excluding carboxylic acids is 1. The lowest BCUT2D eigenvalue weighted by Gasteiger charge is -2.29. The summed E-state index contributed by atoms with van der Waals surface area (Å²) in [6.45, 7) is 2.92. The molecule has 0 saturated heterocycles. The fourth-order valence-electron chi connectivity index (χ4n) is 1.76. The third kappa shape index (κ3) is 4.67. The molecule has 1 atom stereocenters. The maximum Gasteiger partial charge on any atom is 0.573 e. The Balaban J connectivity index is 0.00000441. The minimum Gasteiger partial charge on any atom is -0.508 e. The predicted molar refractivity (Wildman–Crippen MR) is 74.8 cm³/mol. The van der Waals surface area contributed by atoms with E-state index in [9.17, 15) is 23.1 Å². The van der Waals surface area contributed by atoms with E-state index < -0.39 is 29.5 Å². The standard InChI is InChI=1S/C13H16F3NO4.ClH/c1-12(2,11(19)20-3)10(17)8-6-7(4-5-9(8)18)21-13(14,15)16;/h4-6,10,18H,17H2,1-3H3;1H/t10-;/m1./s1. The number of ether oxygens (including phenoxy) is 2. The van der Waals surface area contributed by atoms with E-state index in [2.05, 4.69) is 9.47 Å². The molecular formula is C13H17ClF3NO4. The van der Waals surface area contributed by atoms with Gasteiger partial charge >= 0.3 is 12.3 Å². The van der Waals surface area contributed by atoms with Crippen molar-refractivity contribution in [2.75, 3.05) is 7.11 Å². The van der Waals surface area contributed by atoms with E-state index in [1.807, 2.05) is 0 Å². The van der Waals surface area contributed by atoms with E-state index in [0.29, 0.717) is 0 Å². The summed E-state index contributed by atoms with van der Waals surface area (Å²) in [5, 5.41) is 9.75. The van der Waals surface area contributed by atoms with Crippen LogP contribution in [0.3, 0.4) is 0 Å². The van der Waals surface area contributed by atoms with Gasteiger partial charge in [-0.15, -0.1) is 25.6 Å². The number of nitrogens with two attached hydrogens (primary N) is 1. The Morgan fingerprint density at radius 1 is 1.32 bits per heavy atom. The average molecular weight is 344 g/mol. The van der Waals surface area contributed by atoms with E-state index in [0.717, 1.165) is 18.2 Å². The SMILES string of the molecule is COC(=O)C(C)(C)[C@H](N)c1cc(OC(F)(F)F)ccc1O.Cl. The van der Waals surface area contributed by atoms with E-state index in [-0.39, 0.29) is 23.7 Å². The van der Waals surface area contributed by atoms with Crippen molar-refractivity contribution in [3.8, 4) is 11.5 Å². The Hall–Kier alpha value is -1.67. The van der Waals surface area contributed by atoms with E-state index in [1.165, 1.54) is 21.0 Å². The third-order valence-corrected chi connectivity index (χ3v) is 3.06. The second-order valence-corrected chi connectivity index (χ2v) is 4.96. The number of halogens is 4. The molecule has 0 bridgehead atoms. The molecule has 22 heavy (non-hydrogen) atoms. The number of alkyl halides is 3. The molecule has 0 unspecified atom stereocenters. The Kier molecular flexibility index (Phi) is 6.52. The van der Waals surface area contributed by atoms with Crippen LogP contribution in [0.1, 0.15) is 25.5 Å². The zero-order chi connectivity index (χ0) is 16.4. The lowest BCUT2D eigenvalue weighted by atomic mass is 9.80. The number of esters is 1. The highest BCUT2D eigenvalue weighted by atomic mass is 35.5. The van der Waals surface area contributed by atoms with Crippen LogP contribution in [0.5, 0.6) is 11.5 Å². The molecule has 1 rings (SSSR count). The molecule has 0 aliphatic carbocycles. The average Bonchev–Trinajstić information content (AvgIpc) is 2.37. The Labute approximate surface area is 131 Å². The first-order valence-electron chi connectivity index (χ1n) is 5.91. The molecule has 0 aliphatic heterocycles. The van der Waals surface area contributed by atoms with Gasteiger partial charge in [0.25, 0.3) is 0 Å². The molecule has 0 spiro atoms. The van der Waals surface area contributed by atoms with Crippen molar-refractivity contribution < 1.29 is 32.5 Å². The summed E-state index contributed by atoms with van der Waals surface area (Å²) in [4.78, 5) is 11.7. The van der Waals surface area contributed by atoms with Gasteiger partial charge in [-0.1, -0.05) is 0 Å². The summed E-state index contributed by atoms with van der Waals surface area (Å²) in [5.74, 6) is -1.53. The zero-order valence-electron chi connectivity index (χ0n) is 12.1. The summed E-state index contributed by atoms with van der Waals surface area (Å²) >= 11 is 0. The van der Waals surface area contributed by atoms with Crippen molar-refractivity contribution in [3.05, 3.63) is 23.8 Å². The second-order valence-electron chi connectivity index (χ2n) is 4.96. The largest absolute Gasteiger partial charge is 0.573 e. The van der Waals surface area contributed by atoms with Crippen LogP contribution in [-0.4, -0.2) is 24.5 Å². The topological polar surface area (TPSA) is 81.8 Å². The Morgan fingerprint density at radius 3 is 2.32 bits per heavy atom. The van der Waals surface area contributed by atoms with Crippen LogP contribution in [0.25, 0.3) is 0 Å². The van der Waals surface area contributed by atoms with Crippen molar-refractivity contribution in [2.24, 2.45) is 11.1 Å². The normalized spacial score (nSPS) is 13.0. The number of methoxy groups -OCH3 is 1. The molecule has 126 valence electrons. The molecule has 0 radical (unpaired) electrons. The molecule has 0 aromatic heterocycles. The fourth-order valence-corrected chi connectivity index (χ4v) is 1.76. The van der Waals surface area contributed by atoms with Gasteiger partial charge < -0.3 is 20.3 Å². The summed E-state index contributed by atoms with van der Waals surface area (Å²) in [7, 11) is 1.17. The van der Waals surface area contributed by atoms with Gasteiger partial charge in [-0.25, -0.2) is 0 Å². The lowest BCUT2D eigenvalue weighted by molar-refractivity contribution is -0.274. The van der Waals surface area contributed by atoms with Crippen LogP contribution in [0.15, 0.2) is 18.2 Å². The number of rotatable bonds is 4. The van der Waals surface area contributed by atoms with Gasteiger partial charge in [-0.3, -0.25) is 4.79 Å². The van der Waals surface area contributed by atoms with Gasteiger partial charge in [-0.2, -0.15) is 0 Å². The Bertz CT molecular complexity index is 535. The molecular weight excluding hydrogens is 327 g/mol. The quantitative estimate of drug-likeness (QED) is 0.821. The summed E-state index contributed by atoms with van der Waals surface area (Å²) in [6, 6.07) is 1.83. The second kappa shape index (κ2) is 7.06. The van der Waals surface area contributed by atoms with Crippen molar-refractivity contribution in [3.63, 3.8) is 0 Å². The number of hydrogen-bond acceptors (Lipinski definition) is 5. The summed E-state index contributed by atoms with van der Waals surface area (Å²) in [5.41, 5.74) is 4.59. The summed E-state index contributed by atoms with van der Waals surface area (Å²) < 4.78 is 45.0. The van der Waals surface area contributed by atoms with Crippen LogP contribution in [0.2, 0.25) is 0 Å². The highest BCUT2D eigenvalue weighted by Crippen LogP contribution is 2.39. The van der Waals surface area contributed by atoms with Gasteiger partial charge in [0.15, 0.2) is 0 Å². The first kappa shape index (κ1) is 20.3. The molecule has 0 fully saturated rings. The molecule has 9 heteroatoms. The minimum atomic E-state index is -4.86. The number of phenols is 1. The maximum atomic E-state index is 12.2. The van der Waals surface area contributed by atoms with E-state index in [4.69, 9.17) is 5.73 Å². The maximum absolute atomic E-state index is 12.2. The van der Waals surface area contributed by atoms with Gasteiger partial charge in [0, 0.05) is 11.6 Å². The smallest absolute Gasteiger partial charge is 0.508 e. The molecule has 0 aliphatic rings. The molecule has 0 heterocycles. The van der Waals surface area contributed by atoms with Crippen molar-refractivity contribution >= 4 is 18.4 Å². The predicted octanol–water partition coefficient (Wildman–Crippen LogP) is 2.91. The van der Waals surface area contributed by atoms with Gasteiger partial charge in [0.2, 0.25) is 0 Å². The van der Waals surface area contributed by atoms with Crippen LogP contribution in [-0.2, 0) is 9.53 Å². The molecule has 3 N–H and O–H groups in total. The number of hydrogen-bond donors (Lipinski definition) is 2. The lowest BCUT2D eigenvalue weighted by Crippen LogP contribution is -2.37. The molecule has 1 aromatic rings. The van der Waals surface area contributed by atoms with Crippen molar-refractivity contribution in [2.45, 2.75) is 26.3 Å².